The van der Waals surface area contributed by atoms with Crippen molar-refractivity contribution in [2.75, 3.05) is 6.54 Å². The molecule has 0 amide bonds. The molecule has 6 heteroatoms. The van der Waals surface area contributed by atoms with Crippen LogP contribution in [0.5, 0.6) is 0 Å². The van der Waals surface area contributed by atoms with Crippen LogP contribution in [0.2, 0.25) is 0 Å². The lowest BCUT2D eigenvalue weighted by molar-refractivity contribution is 0.165. The van der Waals surface area contributed by atoms with Gasteiger partial charge in [0.25, 0.3) is 0 Å². The van der Waals surface area contributed by atoms with E-state index in [4.69, 9.17) is 4.42 Å². The van der Waals surface area contributed by atoms with Gasteiger partial charge in [-0.2, -0.15) is 4.80 Å². The third-order valence-electron chi connectivity index (χ3n) is 3.63. The molecule has 6 nitrogen and oxygen atoms in total. The number of rotatable bonds is 3. The van der Waals surface area contributed by atoms with Crippen LogP contribution in [0.3, 0.4) is 0 Å². The van der Waals surface area contributed by atoms with Gasteiger partial charge in [0.05, 0.1) is 25.9 Å². The van der Waals surface area contributed by atoms with Gasteiger partial charge in [-0.1, -0.05) is 12.8 Å². The van der Waals surface area contributed by atoms with Crippen LogP contribution in [0.15, 0.2) is 22.8 Å². The summed E-state index contributed by atoms with van der Waals surface area (Å²) < 4.78 is 5.60. The average Bonchev–Trinajstić information content (AvgIpc) is 3.00. The second kappa shape index (κ2) is 5.52. The van der Waals surface area contributed by atoms with Gasteiger partial charge in [-0.05, 0) is 36.7 Å². The Morgan fingerprint density at radius 2 is 2.32 bits per heavy atom. The molecule has 2 aromatic rings. The second-order valence-corrected chi connectivity index (χ2v) is 5.05. The SMILES string of the molecule is Cn1nnc(CN2CCCCCC2c2ccco2)n1. The molecule has 2 aromatic heterocycles. The van der Waals surface area contributed by atoms with E-state index < -0.39 is 0 Å². The van der Waals surface area contributed by atoms with Crippen LogP contribution in [0, 0.1) is 0 Å². The van der Waals surface area contributed by atoms with E-state index in [1.807, 2.05) is 6.07 Å². The van der Waals surface area contributed by atoms with E-state index in [9.17, 15) is 0 Å². The molecule has 0 bridgehead atoms. The van der Waals surface area contributed by atoms with Gasteiger partial charge in [0.1, 0.15) is 5.76 Å². The summed E-state index contributed by atoms with van der Waals surface area (Å²) in [5, 5.41) is 12.3. The highest BCUT2D eigenvalue weighted by atomic mass is 16.3. The Balaban J connectivity index is 1.78. The Morgan fingerprint density at radius 1 is 1.37 bits per heavy atom. The van der Waals surface area contributed by atoms with Gasteiger partial charge >= 0.3 is 0 Å². The first-order valence-electron chi connectivity index (χ1n) is 6.83. The molecule has 1 saturated heterocycles. The fraction of sp³-hybridized carbons (Fsp3) is 0.615. The number of hydrogen-bond donors (Lipinski definition) is 0. The maximum Gasteiger partial charge on any atom is 0.188 e. The highest BCUT2D eigenvalue weighted by molar-refractivity contribution is 5.05. The summed E-state index contributed by atoms with van der Waals surface area (Å²) in [5.41, 5.74) is 0. The zero-order valence-corrected chi connectivity index (χ0v) is 11.2. The molecule has 0 saturated carbocycles. The Morgan fingerprint density at radius 3 is 3.05 bits per heavy atom. The normalized spacial score (nSPS) is 21.4. The molecule has 0 radical (unpaired) electrons. The van der Waals surface area contributed by atoms with Crippen molar-refractivity contribution in [3.05, 3.63) is 30.0 Å². The first kappa shape index (κ1) is 12.3. The molecule has 1 fully saturated rings. The first-order valence-corrected chi connectivity index (χ1v) is 6.83. The molecule has 1 unspecified atom stereocenters. The summed E-state index contributed by atoms with van der Waals surface area (Å²) in [6.45, 7) is 1.79. The van der Waals surface area contributed by atoms with E-state index in [1.54, 1.807) is 13.3 Å². The summed E-state index contributed by atoms with van der Waals surface area (Å²) in [6, 6.07) is 4.35. The van der Waals surface area contributed by atoms with E-state index in [2.05, 4.69) is 26.4 Å². The second-order valence-electron chi connectivity index (χ2n) is 5.05. The van der Waals surface area contributed by atoms with Gasteiger partial charge in [-0.25, -0.2) is 0 Å². The fourth-order valence-electron chi connectivity index (χ4n) is 2.73. The number of hydrogen-bond acceptors (Lipinski definition) is 5. The number of furan rings is 1. The lowest BCUT2D eigenvalue weighted by Crippen LogP contribution is -2.28. The standard InChI is InChI=1S/C13H19N5O/c1-17-15-13(14-16-17)10-18-8-4-2-3-6-11(18)12-7-5-9-19-12/h5,7,9,11H,2-4,6,8,10H2,1H3. The molecule has 1 atom stereocenters. The average molecular weight is 261 g/mol. The Bertz CT molecular complexity index is 507. The van der Waals surface area contributed by atoms with E-state index in [-0.39, 0.29) is 0 Å². The largest absolute Gasteiger partial charge is 0.468 e. The van der Waals surface area contributed by atoms with Crippen molar-refractivity contribution in [2.24, 2.45) is 7.05 Å². The van der Waals surface area contributed by atoms with E-state index in [0.29, 0.717) is 6.04 Å². The number of aryl methyl sites for hydroxylation is 1. The highest BCUT2D eigenvalue weighted by Crippen LogP contribution is 2.31. The third kappa shape index (κ3) is 2.84. The summed E-state index contributed by atoms with van der Waals surface area (Å²) >= 11 is 0. The molecular formula is C13H19N5O. The minimum Gasteiger partial charge on any atom is -0.468 e. The number of likely N-dealkylation sites (tertiary alicyclic amines) is 1. The zero-order valence-electron chi connectivity index (χ0n) is 11.2. The molecular weight excluding hydrogens is 242 g/mol. The molecule has 19 heavy (non-hydrogen) atoms. The quantitative estimate of drug-likeness (QED) is 0.844. The van der Waals surface area contributed by atoms with E-state index in [1.165, 1.54) is 24.1 Å². The van der Waals surface area contributed by atoms with Crippen LogP contribution in [0.1, 0.15) is 43.3 Å². The Hall–Kier alpha value is -1.69. The van der Waals surface area contributed by atoms with E-state index >= 15 is 0 Å². The maximum absolute atomic E-state index is 5.60. The summed E-state index contributed by atoms with van der Waals surface area (Å²) in [4.78, 5) is 3.91. The monoisotopic (exact) mass is 261 g/mol. The summed E-state index contributed by atoms with van der Waals surface area (Å²) in [6.07, 6.45) is 6.63. The van der Waals surface area contributed by atoms with Crippen molar-refractivity contribution in [3.8, 4) is 0 Å². The van der Waals surface area contributed by atoms with Crippen LogP contribution < -0.4 is 0 Å². The molecule has 1 aliphatic heterocycles. The predicted molar refractivity (Wildman–Crippen MR) is 69.1 cm³/mol. The predicted octanol–water partition coefficient (Wildman–Crippen LogP) is 1.92. The highest BCUT2D eigenvalue weighted by Gasteiger charge is 2.25. The lowest BCUT2D eigenvalue weighted by atomic mass is 10.1. The first-order chi connectivity index (χ1) is 9.33. The Kier molecular flexibility index (Phi) is 3.59. The lowest BCUT2D eigenvalue weighted by Gasteiger charge is -2.26. The van der Waals surface area contributed by atoms with Gasteiger partial charge in [0.15, 0.2) is 5.82 Å². The third-order valence-corrected chi connectivity index (χ3v) is 3.63. The van der Waals surface area contributed by atoms with Gasteiger partial charge in [-0.15, -0.1) is 10.2 Å². The van der Waals surface area contributed by atoms with Crippen LogP contribution in [-0.2, 0) is 13.6 Å². The van der Waals surface area contributed by atoms with Crippen LogP contribution in [-0.4, -0.2) is 31.7 Å². The van der Waals surface area contributed by atoms with Crippen LogP contribution in [0.25, 0.3) is 0 Å². The van der Waals surface area contributed by atoms with Crippen molar-refractivity contribution in [3.63, 3.8) is 0 Å². The molecule has 3 heterocycles. The van der Waals surface area contributed by atoms with Crippen LogP contribution in [0.4, 0.5) is 0 Å². The minimum absolute atomic E-state index is 0.335. The smallest absolute Gasteiger partial charge is 0.188 e. The minimum atomic E-state index is 0.335. The zero-order chi connectivity index (χ0) is 13.1. The molecule has 0 aliphatic carbocycles. The van der Waals surface area contributed by atoms with Crippen molar-refractivity contribution in [1.82, 2.24) is 25.1 Å². The van der Waals surface area contributed by atoms with Gasteiger partial charge < -0.3 is 4.42 Å². The molecule has 0 N–H and O–H groups in total. The number of nitrogens with zero attached hydrogens (tertiary/aromatic N) is 5. The summed E-state index contributed by atoms with van der Waals surface area (Å²) in [7, 11) is 1.79. The molecule has 102 valence electrons. The van der Waals surface area contributed by atoms with Crippen molar-refractivity contribution in [2.45, 2.75) is 38.3 Å². The van der Waals surface area contributed by atoms with E-state index in [0.717, 1.165) is 31.1 Å². The topological polar surface area (TPSA) is 60.0 Å². The van der Waals surface area contributed by atoms with Crippen LogP contribution >= 0.6 is 0 Å². The van der Waals surface area contributed by atoms with Gasteiger partial charge in [-0.3, -0.25) is 4.90 Å². The molecule has 0 aromatic carbocycles. The summed E-state index contributed by atoms with van der Waals surface area (Å²) in [5.74, 6) is 1.83. The van der Waals surface area contributed by atoms with Gasteiger partial charge in [0, 0.05) is 0 Å². The van der Waals surface area contributed by atoms with Gasteiger partial charge in [0.2, 0.25) is 0 Å². The number of tetrazole rings is 1. The molecule has 3 rings (SSSR count). The fourth-order valence-corrected chi connectivity index (χ4v) is 2.73. The van der Waals surface area contributed by atoms with Crippen molar-refractivity contribution >= 4 is 0 Å². The number of aromatic nitrogens is 4. The molecule has 0 spiro atoms. The molecule has 1 aliphatic rings. The van der Waals surface area contributed by atoms with Crippen molar-refractivity contribution < 1.29 is 4.42 Å². The Labute approximate surface area is 112 Å². The maximum atomic E-state index is 5.60. The van der Waals surface area contributed by atoms with Crippen molar-refractivity contribution in [1.29, 1.82) is 0 Å².